The molecule has 0 radical (unpaired) electrons. The molecule has 128 valence electrons. The van der Waals surface area contributed by atoms with Crippen LogP contribution in [-0.2, 0) is 19.1 Å². The van der Waals surface area contributed by atoms with Crippen LogP contribution in [0.2, 0.25) is 0 Å². The molecular weight excluding hydrogens is 325 g/mol. The highest BCUT2D eigenvalue weighted by Gasteiger charge is 2.29. The van der Waals surface area contributed by atoms with Crippen molar-refractivity contribution in [3.63, 3.8) is 0 Å². The van der Waals surface area contributed by atoms with Gasteiger partial charge in [0.25, 0.3) is 0 Å². The predicted molar refractivity (Wildman–Crippen MR) is 80.7 cm³/mol. The molecule has 6 nitrogen and oxygen atoms in total. The summed E-state index contributed by atoms with van der Waals surface area (Å²) in [5.74, 6) is 0.134. The Morgan fingerprint density at radius 2 is 1.92 bits per heavy atom. The van der Waals surface area contributed by atoms with Gasteiger partial charge in [-0.3, -0.25) is 0 Å². The van der Waals surface area contributed by atoms with Crippen molar-refractivity contribution in [2.45, 2.75) is 19.1 Å². The Hall–Kier alpha value is -2.52. The molecule has 24 heavy (non-hydrogen) atoms. The third kappa shape index (κ3) is 4.27. The fourth-order valence-electron chi connectivity index (χ4n) is 1.93. The summed E-state index contributed by atoms with van der Waals surface area (Å²) in [5, 5.41) is 16.6. The minimum Gasteiger partial charge on any atom is -0.390 e. The van der Waals surface area contributed by atoms with Crippen molar-refractivity contribution in [3.8, 4) is 0 Å². The number of aromatic nitrogens is 2. The molecule has 0 saturated heterocycles. The van der Waals surface area contributed by atoms with Gasteiger partial charge < -0.3 is 10.8 Å². The standard InChI is InChI=1S/C15H15F3N4O2/c1-9(6-10-2-4-11(5-3-10)15(16,17)18)13(8-23)20-14-12(7-19)21-24-22-14/h2-5,23H,1,6-8,19H2/b20-13-. The Morgan fingerprint density at radius 1 is 1.25 bits per heavy atom. The topological polar surface area (TPSA) is 97.5 Å². The quantitative estimate of drug-likeness (QED) is 0.787. The molecule has 0 aliphatic heterocycles. The van der Waals surface area contributed by atoms with E-state index >= 15 is 0 Å². The average molecular weight is 340 g/mol. The minimum absolute atomic E-state index is 0.0619. The summed E-state index contributed by atoms with van der Waals surface area (Å²) in [4.78, 5) is 4.10. The number of nitrogens with zero attached hydrogens (tertiary/aromatic N) is 3. The predicted octanol–water partition coefficient (Wildman–Crippen LogP) is 2.41. The number of hydrogen-bond acceptors (Lipinski definition) is 6. The molecule has 0 aliphatic rings. The van der Waals surface area contributed by atoms with Gasteiger partial charge in [-0.05, 0) is 34.8 Å². The molecule has 3 N–H and O–H groups in total. The third-order valence-electron chi connectivity index (χ3n) is 3.23. The van der Waals surface area contributed by atoms with Crippen molar-refractivity contribution in [2.24, 2.45) is 10.7 Å². The molecule has 1 aromatic heterocycles. The second-order valence-electron chi connectivity index (χ2n) is 4.93. The van der Waals surface area contributed by atoms with Gasteiger partial charge in [0.05, 0.1) is 17.9 Å². The number of aliphatic hydroxyl groups is 1. The number of halogens is 3. The summed E-state index contributed by atoms with van der Waals surface area (Å²) in [6, 6.07) is 4.69. The lowest BCUT2D eigenvalue weighted by Crippen LogP contribution is -2.10. The summed E-state index contributed by atoms with van der Waals surface area (Å²) in [7, 11) is 0. The Kier molecular flexibility index (Phi) is 5.47. The molecule has 9 heteroatoms. The normalized spacial score (nSPS) is 12.5. The van der Waals surface area contributed by atoms with E-state index in [0.717, 1.165) is 12.1 Å². The van der Waals surface area contributed by atoms with E-state index in [2.05, 4.69) is 26.5 Å². The number of aliphatic imine (C=N–C) groups is 1. The van der Waals surface area contributed by atoms with Crippen molar-refractivity contribution in [3.05, 3.63) is 53.2 Å². The van der Waals surface area contributed by atoms with Gasteiger partial charge >= 0.3 is 6.18 Å². The van der Waals surface area contributed by atoms with Crippen LogP contribution in [0.25, 0.3) is 0 Å². The maximum absolute atomic E-state index is 12.5. The second-order valence-corrected chi connectivity index (χ2v) is 4.93. The van der Waals surface area contributed by atoms with E-state index in [-0.39, 0.29) is 24.5 Å². The van der Waals surface area contributed by atoms with Gasteiger partial charge in [0, 0.05) is 6.54 Å². The van der Waals surface area contributed by atoms with Crippen LogP contribution in [0.5, 0.6) is 0 Å². The van der Waals surface area contributed by atoms with Gasteiger partial charge in [-0.15, -0.1) is 0 Å². The fraction of sp³-hybridized carbons (Fsp3) is 0.267. The summed E-state index contributed by atoms with van der Waals surface area (Å²) in [5.41, 5.74) is 6.31. The van der Waals surface area contributed by atoms with Crippen LogP contribution in [0, 0.1) is 0 Å². The van der Waals surface area contributed by atoms with Crippen LogP contribution in [0.4, 0.5) is 19.0 Å². The van der Waals surface area contributed by atoms with Crippen molar-refractivity contribution in [1.29, 1.82) is 0 Å². The van der Waals surface area contributed by atoms with Crippen LogP contribution in [-0.4, -0.2) is 27.7 Å². The molecule has 0 amide bonds. The molecular formula is C15H15F3N4O2. The molecule has 0 atom stereocenters. The van der Waals surface area contributed by atoms with E-state index < -0.39 is 18.3 Å². The molecule has 0 fully saturated rings. The molecule has 0 unspecified atom stereocenters. The SMILES string of the molecule is C=C(Cc1ccc(C(F)(F)F)cc1)/C(CO)=N\c1nonc1CN. The monoisotopic (exact) mass is 340 g/mol. The lowest BCUT2D eigenvalue weighted by atomic mass is 10.0. The number of aliphatic hydroxyl groups excluding tert-OH is 1. The Labute approximate surface area is 135 Å². The van der Waals surface area contributed by atoms with E-state index in [1.807, 2.05) is 0 Å². The Bertz CT molecular complexity index is 736. The smallest absolute Gasteiger partial charge is 0.390 e. The first-order valence-electron chi connectivity index (χ1n) is 6.89. The maximum atomic E-state index is 12.5. The highest BCUT2D eigenvalue weighted by atomic mass is 19.4. The second kappa shape index (κ2) is 7.37. The van der Waals surface area contributed by atoms with Crippen LogP contribution >= 0.6 is 0 Å². The Morgan fingerprint density at radius 3 is 2.46 bits per heavy atom. The molecule has 2 aromatic rings. The lowest BCUT2D eigenvalue weighted by Gasteiger charge is -2.09. The number of nitrogens with two attached hydrogens (primary N) is 1. The average Bonchev–Trinajstić information content (AvgIpc) is 2.99. The zero-order chi connectivity index (χ0) is 17.7. The first kappa shape index (κ1) is 17.8. The van der Waals surface area contributed by atoms with Crippen molar-refractivity contribution >= 4 is 11.5 Å². The van der Waals surface area contributed by atoms with E-state index in [4.69, 9.17) is 5.73 Å². The van der Waals surface area contributed by atoms with E-state index in [0.29, 0.717) is 16.8 Å². The Balaban J connectivity index is 2.15. The van der Waals surface area contributed by atoms with E-state index in [1.54, 1.807) is 0 Å². The molecule has 0 saturated carbocycles. The molecule has 1 aromatic carbocycles. The fourth-order valence-corrected chi connectivity index (χ4v) is 1.93. The zero-order valence-electron chi connectivity index (χ0n) is 12.5. The minimum atomic E-state index is -4.38. The number of rotatable bonds is 6. The first-order chi connectivity index (χ1) is 11.3. The van der Waals surface area contributed by atoms with Crippen LogP contribution in [0.3, 0.4) is 0 Å². The molecule has 0 aliphatic carbocycles. The number of alkyl halides is 3. The molecule has 2 rings (SSSR count). The third-order valence-corrected chi connectivity index (χ3v) is 3.23. The van der Waals surface area contributed by atoms with Crippen molar-refractivity contribution < 1.29 is 22.9 Å². The van der Waals surface area contributed by atoms with Crippen LogP contribution < -0.4 is 5.73 Å². The lowest BCUT2D eigenvalue weighted by molar-refractivity contribution is -0.137. The van der Waals surface area contributed by atoms with Gasteiger partial charge in [0.15, 0.2) is 0 Å². The maximum Gasteiger partial charge on any atom is 0.416 e. The van der Waals surface area contributed by atoms with Crippen molar-refractivity contribution in [1.82, 2.24) is 10.3 Å². The first-order valence-corrected chi connectivity index (χ1v) is 6.89. The van der Waals surface area contributed by atoms with Gasteiger partial charge in [-0.25, -0.2) is 9.62 Å². The summed E-state index contributed by atoms with van der Waals surface area (Å²) in [6.07, 6.45) is -4.16. The molecule has 1 heterocycles. The van der Waals surface area contributed by atoms with Crippen LogP contribution in [0.1, 0.15) is 16.8 Å². The molecule has 0 bridgehead atoms. The highest BCUT2D eigenvalue weighted by Crippen LogP contribution is 2.29. The zero-order valence-corrected chi connectivity index (χ0v) is 12.5. The number of benzene rings is 1. The van der Waals surface area contributed by atoms with Gasteiger partial charge in [0.2, 0.25) is 5.82 Å². The summed E-state index contributed by atoms with van der Waals surface area (Å²) in [6.45, 7) is 3.45. The largest absolute Gasteiger partial charge is 0.416 e. The van der Waals surface area contributed by atoms with Crippen molar-refractivity contribution in [2.75, 3.05) is 6.61 Å². The van der Waals surface area contributed by atoms with Crippen LogP contribution in [0.15, 0.2) is 46.0 Å². The van der Waals surface area contributed by atoms with E-state index in [1.165, 1.54) is 12.1 Å². The van der Waals surface area contributed by atoms with Gasteiger partial charge in [-0.2, -0.15) is 13.2 Å². The van der Waals surface area contributed by atoms with Gasteiger partial charge in [-0.1, -0.05) is 23.9 Å². The summed E-state index contributed by atoms with van der Waals surface area (Å²) >= 11 is 0. The number of hydrogen-bond donors (Lipinski definition) is 2. The summed E-state index contributed by atoms with van der Waals surface area (Å²) < 4.78 is 42.2. The van der Waals surface area contributed by atoms with E-state index in [9.17, 15) is 18.3 Å². The van der Waals surface area contributed by atoms with Gasteiger partial charge in [0.1, 0.15) is 5.69 Å². The molecule has 0 spiro atoms. The highest BCUT2D eigenvalue weighted by molar-refractivity contribution is 6.02.